The van der Waals surface area contributed by atoms with Gasteiger partial charge in [0.1, 0.15) is 6.04 Å². The van der Waals surface area contributed by atoms with E-state index in [1.165, 1.54) is 22.5 Å². The van der Waals surface area contributed by atoms with Crippen LogP contribution in [0.25, 0.3) is 0 Å². The maximum atomic E-state index is 13.0. The summed E-state index contributed by atoms with van der Waals surface area (Å²) in [6.07, 6.45) is 2.82. The molecule has 3 rings (SSSR count). The molecule has 1 aromatic rings. The second-order valence-electron chi connectivity index (χ2n) is 7.03. The highest BCUT2D eigenvalue weighted by Crippen LogP contribution is 2.28. The molecule has 2 aliphatic heterocycles. The number of carbonyl (C=O) groups is 1. The fourth-order valence-corrected chi connectivity index (χ4v) is 5.40. The maximum Gasteiger partial charge on any atom is 0.270 e. The number of amides is 1. The number of hydrogen-bond donors (Lipinski definition) is 2. The Balaban J connectivity index is 0.00000280. The minimum Gasteiger partial charge on any atom is -0.350 e. The first-order valence-corrected chi connectivity index (χ1v) is 10.5. The summed E-state index contributed by atoms with van der Waals surface area (Å²) in [7, 11) is -3.99. The lowest BCUT2D eigenvalue weighted by Crippen LogP contribution is -2.56. The molecule has 2 aliphatic rings. The number of halogens is 1. The van der Waals surface area contributed by atoms with Crippen LogP contribution in [0, 0.1) is 10.1 Å². The van der Waals surface area contributed by atoms with Crippen LogP contribution in [0.5, 0.6) is 0 Å². The van der Waals surface area contributed by atoms with Crippen LogP contribution in [-0.4, -0.2) is 54.8 Å². The highest BCUT2D eigenvalue weighted by Gasteiger charge is 2.40. The number of piperidine rings is 1. The van der Waals surface area contributed by atoms with E-state index in [1.54, 1.807) is 0 Å². The molecule has 1 aromatic carbocycles. The number of nitro groups is 1. The van der Waals surface area contributed by atoms with Gasteiger partial charge < -0.3 is 10.6 Å². The molecule has 3 atom stereocenters. The van der Waals surface area contributed by atoms with Crippen molar-refractivity contribution in [2.24, 2.45) is 0 Å². The van der Waals surface area contributed by atoms with E-state index in [-0.39, 0.29) is 47.5 Å². The standard InChI is InChI=1S/C17H24N4O5S.ClH/c1-12-15(7-3-9-18-12)19-17(22)16-8-4-10-20(16)27(25,26)14-6-2-5-13(11-14)21(23)24;/h2,5-6,11-12,15-16,18H,3-4,7-10H2,1H3,(H,19,22);1H. The quantitative estimate of drug-likeness (QED) is 0.536. The second-order valence-corrected chi connectivity index (χ2v) is 8.92. The highest BCUT2D eigenvalue weighted by atomic mass is 35.5. The summed E-state index contributed by atoms with van der Waals surface area (Å²) >= 11 is 0. The van der Waals surface area contributed by atoms with Gasteiger partial charge in [-0.2, -0.15) is 4.31 Å². The SMILES string of the molecule is CC1NCCCC1NC(=O)C1CCCN1S(=O)(=O)c1cccc([N+](=O)[O-])c1.Cl. The van der Waals surface area contributed by atoms with Crippen molar-refractivity contribution in [2.75, 3.05) is 13.1 Å². The third kappa shape index (κ3) is 4.62. The van der Waals surface area contributed by atoms with Crippen LogP contribution < -0.4 is 10.6 Å². The molecule has 0 aliphatic carbocycles. The molecule has 2 fully saturated rings. The van der Waals surface area contributed by atoms with Crippen molar-refractivity contribution in [3.8, 4) is 0 Å². The number of non-ortho nitro benzene ring substituents is 1. The summed E-state index contributed by atoms with van der Waals surface area (Å²) in [5.41, 5.74) is -0.293. The van der Waals surface area contributed by atoms with Crippen LogP contribution in [0.2, 0.25) is 0 Å². The molecule has 2 N–H and O–H groups in total. The lowest BCUT2D eigenvalue weighted by Gasteiger charge is -2.32. The summed E-state index contributed by atoms with van der Waals surface area (Å²) in [5, 5.41) is 17.2. The molecule has 0 spiro atoms. The molecular formula is C17H25ClN4O5S. The molecule has 0 aromatic heterocycles. The number of sulfonamides is 1. The van der Waals surface area contributed by atoms with Gasteiger partial charge in [0.2, 0.25) is 15.9 Å². The average Bonchev–Trinajstić information content (AvgIpc) is 3.14. The lowest BCUT2D eigenvalue weighted by molar-refractivity contribution is -0.385. The molecule has 28 heavy (non-hydrogen) atoms. The topological polar surface area (TPSA) is 122 Å². The number of nitrogens with one attached hydrogen (secondary N) is 2. The van der Waals surface area contributed by atoms with Crippen LogP contribution in [0.4, 0.5) is 5.69 Å². The Morgan fingerprint density at radius 1 is 1.32 bits per heavy atom. The van der Waals surface area contributed by atoms with Crippen LogP contribution in [0.1, 0.15) is 32.6 Å². The predicted molar refractivity (Wildman–Crippen MR) is 106 cm³/mol. The number of nitrogens with zero attached hydrogens (tertiary/aromatic N) is 2. The Hall–Kier alpha value is -1.75. The molecule has 0 bridgehead atoms. The zero-order valence-electron chi connectivity index (χ0n) is 15.5. The molecule has 9 nitrogen and oxygen atoms in total. The Morgan fingerprint density at radius 3 is 2.75 bits per heavy atom. The monoisotopic (exact) mass is 432 g/mol. The molecule has 11 heteroatoms. The molecule has 1 amide bonds. The van der Waals surface area contributed by atoms with E-state index in [4.69, 9.17) is 0 Å². The maximum absolute atomic E-state index is 13.0. The summed E-state index contributed by atoms with van der Waals surface area (Å²) in [5.74, 6) is -0.304. The van der Waals surface area contributed by atoms with Gasteiger partial charge in [0.25, 0.3) is 5.69 Å². The summed E-state index contributed by atoms with van der Waals surface area (Å²) in [4.78, 5) is 22.9. The van der Waals surface area contributed by atoms with Gasteiger partial charge in [-0.3, -0.25) is 14.9 Å². The van der Waals surface area contributed by atoms with Crippen molar-refractivity contribution >= 4 is 34.0 Å². The molecule has 2 saturated heterocycles. The third-order valence-electron chi connectivity index (χ3n) is 5.23. The van der Waals surface area contributed by atoms with E-state index in [0.29, 0.717) is 12.8 Å². The van der Waals surface area contributed by atoms with Crippen molar-refractivity contribution in [3.05, 3.63) is 34.4 Å². The van der Waals surface area contributed by atoms with Gasteiger partial charge in [-0.25, -0.2) is 8.42 Å². The molecule has 0 saturated carbocycles. The Labute approximate surface area is 170 Å². The van der Waals surface area contributed by atoms with E-state index in [2.05, 4.69) is 10.6 Å². The minimum absolute atomic E-state index is 0. The number of benzene rings is 1. The van der Waals surface area contributed by atoms with Crippen molar-refractivity contribution in [1.82, 2.24) is 14.9 Å². The Kier molecular flexibility index (Phi) is 7.38. The van der Waals surface area contributed by atoms with Crippen molar-refractivity contribution in [3.63, 3.8) is 0 Å². The smallest absolute Gasteiger partial charge is 0.270 e. The van der Waals surface area contributed by atoms with Gasteiger partial charge in [-0.15, -0.1) is 12.4 Å². The van der Waals surface area contributed by atoms with Gasteiger partial charge in [0.05, 0.1) is 9.82 Å². The van der Waals surface area contributed by atoms with Crippen molar-refractivity contribution in [2.45, 2.75) is 55.6 Å². The van der Waals surface area contributed by atoms with Gasteiger partial charge in [-0.05, 0) is 45.2 Å². The molecule has 2 heterocycles. The largest absolute Gasteiger partial charge is 0.350 e. The Morgan fingerprint density at radius 2 is 2.07 bits per heavy atom. The summed E-state index contributed by atoms with van der Waals surface area (Å²) < 4.78 is 27.2. The Bertz CT molecular complexity index is 835. The normalized spacial score (nSPS) is 25.7. The van der Waals surface area contributed by atoms with Gasteiger partial charge >= 0.3 is 0 Å². The molecular weight excluding hydrogens is 408 g/mol. The van der Waals surface area contributed by atoms with E-state index < -0.39 is 21.0 Å². The van der Waals surface area contributed by atoms with E-state index in [9.17, 15) is 23.3 Å². The number of hydrogen-bond acceptors (Lipinski definition) is 6. The molecule has 3 unspecified atom stereocenters. The first-order valence-electron chi connectivity index (χ1n) is 9.11. The fourth-order valence-electron chi connectivity index (χ4n) is 3.70. The van der Waals surface area contributed by atoms with Gasteiger partial charge in [-0.1, -0.05) is 6.07 Å². The summed E-state index contributed by atoms with van der Waals surface area (Å²) in [6.45, 7) is 3.13. The van der Waals surface area contributed by atoms with Gasteiger partial charge in [0, 0.05) is 30.8 Å². The first-order chi connectivity index (χ1) is 12.8. The minimum atomic E-state index is -3.99. The predicted octanol–water partition coefficient (Wildman–Crippen LogP) is 1.43. The van der Waals surface area contributed by atoms with Crippen LogP contribution in [-0.2, 0) is 14.8 Å². The molecule has 0 radical (unpaired) electrons. The number of rotatable bonds is 5. The van der Waals surface area contributed by atoms with Crippen LogP contribution in [0.3, 0.4) is 0 Å². The lowest BCUT2D eigenvalue weighted by atomic mass is 9.99. The fraction of sp³-hybridized carbons (Fsp3) is 0.588. The molecule has 156 valence electrons. The zero-order valence-corrected chi connectivity index (χ0v) is 17.2. The number of nitro benzene ring substituents is 1. The van der Waals surface area contributed by atoms with Crippen LogP contribution in [0.15, 0.2) is 29.2 Å². The third-order valence-corrected chi connectivity index (χ3v) is 7.13. The van der Waals surface area contributed by atoms with E-state index in [0.717, 1.165) is 25.5 Å². The first kappa shape index (κ1) is 22.5. The highest BCUT2D eigenvalue weighted by molar-refractivity contribution is 7.89. The van der Waals surface area contributed by atoms with E-state index in [1.807, 2.05) is 6.92 Å². The summed E-state index contributed by atoms with van der Waals surface area (Å²) in [6, 6.07) is 4.25. The second kappa shape index (κ2) is 9.17. The number of carbonyl (C=O) groups excluding carboxylic acids is 1. The van der Waals surface area contributed by atoms with E-state index >= 15 is 0 Å². The average molecular weight is 433 g/mol. The van der Waals surface area contributed by atoms with Crippen LogP contribution >= 0.6 is 12.4 Å². The zero-order chi connectivity index (χ0) is 19.6. The van der Waals surface area contributed by atoms with Crippen molar-refractivity contribution in [1.29, 1.82) is 0 Å². The van der Waals surface area contributed by atoms with Gasteiger partial charge in [0.15, 0.2) is 0 Å². The van der Waals surface area contributed by atoms with Crippen molar-refractivity contribution < 1.29 is 18.1 Å².